The van der Waals surface area contributed by atoms with Crippen LogP contribution in [0.5, 0.6) is 0 Å². The molecular formula is C15H26AlAuBr. The van der Waals surface area contributed by atoms with E-state index in [1.807, 2.05) is 30.4 Å². The summed E-state index contributed by atoms with van der Waals surface area (Å²) < 4.78 is 3.65. The average Bonchev–Trinajstić information content (AvgIpc) is 2.32. The third-order valence-electron chi connectivity index (χ3n) is 1.45. The molecule has 0 amide bonds. The summed E-state index contributed by atoms with van der Waals surface area (Å²) >= 11 is -0.0864. The molecule has 0 aromatic heterocycles. The van der Waals surface area contributed by atoms with Gasteiger partial charge in [0.25, 0.3) is 0 Å². The monoisotopic (exact) mass is 509 g/mol. The minimum absolute atomic E-state index is 0. The van der Waals surface area contributed by atoms with E-state index >= 15 is 0 Å². The van der Waals surface area contributed by atoms with Crippen LogP contribution in [0.25, 0.3) is 0 Å². The summed E-state index contributed by atoms with van der Waals surface area (Å²) in [7, 11) is 0. The topological polar surface area (TPSA) is 0 Å². The Labute approximate surface area is 137 Å². The SMILES string of the molecule is Br.C=C[CH2][Al][CH2]C=C.C=C[CH2][Au]([CH2]C=C)[CH2]C=C. The van der Waals surface area contributed by atoms with Crippen molar-refractivity contribution in [2.75, 3.05) is 0 Å². The molecule has 0 aromatic rings. The number of allylic oxidation sites excluding steroid dienone is 5. The molecule has 0 atom stereocenters. The molecule has 0 saturated carbocycles. The molecule has 0 aliphatic carbocycles. The van der Waals surface area contributed by atoms with E-state index in [1.165, 1.54) is 24.5 Å². The number of halogens is 1. The van der Waals surface area contributed by atoms with Crippen LogP contribution < -0.4 is 0 Å². The second-order valence-electron chi connectivity index (χ2n) is 3.02. The van der Waals surface area contributed by atoms with Crippen molar-refractivity contribution in [3.05, 3.63) is 63.3 Å². The van der Waals surface area contributed by atoms with Crippen molar-refractivity contribution in [1.29, 1.82) is 0 Å². The van der Waals surface area contributed by atoms with Gasteiger partial charge in [-0.3, -0.25) is 0 Å². The Bertz CT molecular complexity index is 195. The average molecular weight is 510 g/mol. The van der Waals surface area contributed by atoms with Gasteiger partial charge in [-0.05, 0) is 0 Å². The Morgan fingerprint density at radius 1 is 0.667 bits per heavy atom. The van der Waals surface area contributed by atoms with Gasteiger partial charge in [0.15, 0.2) is 0 Å². The van der Waals surface area contributed by atoms with Gasteiger partial charge in [-0.25, -0.2) is 0 Å². The van der Waals surface area contributed by atoms with Crippen LogP contribution in [0.2, 0.25) is 24.5 Å². The van der Waals surface area contributed by atoms with Gasteiger partial charge >= 0.3 is 70.3 Å². The van der Waals surface area contributed by atoms with E-state index in [1.54, 1.807) is 0 Å². The van der Waals surface area contributed by atoms with E-state index in [4.69, 9.17) is 0 Å². The van der Waals surface area contributed by atoms with Gasteiger partial charge in [0.05, 0.1) is 0 Å². The zero-order valence-electron chi connectivity index (χ0n) is 11.2. The first-order valence-corrected chi connectivity index (χ1v) is 11.8. The maximum atomic E-state index is 3.73. The van der Waals surface area contributed by atoms with Gasteiger partial charge in [0.1, 0.15) is 0 Å². The fourth-order valence-electron chi connectivity index (χ4n) is 0.852. The molecule has 107 valence electrons. The summed E-state index contributed by atoms with van der Waals surface area (Å²) in [5.74, 6) is 0. The van der Waals surface area contributed by atoms with Crippen LogP contribution in [0.3, 0.4) is 0 Å². The summed E-state index contributed by atoms with van der Waals surface area (Å²) in [6.45, 7) is 18.4. The zero-order chi connectivity index (χ0) is 13.4. The van der Waals surface area contributed by atoms with Crippen molar-refractivity contribution < 1.29 is 18.4 Å². The van der Waals surface area contributed by atoms with Crippen molar-refractivity contribution in [2.45, 2.75) is 24.5 Å². The first-order valence-electron chi connectivity index (χ1n) is 5.54. The molecule has 0 bridgehead atoms. The molecule has 0 fully saturated rings. The Balaban J connectivity index is -0.000000251. The molecule has 0 aliphatic rings. The van der Waals surface area contributed by atoms with Gasteiger partial charge in [-0.15, -0.1) is 42.3 Å². The van der Waals surface area contributed by atoms with Gasteiger partial charge in [0, 0.05) is 0 Å². The van der Waals surface area contributed by atoms with Crippen molar-refractivity contribution in [2.24, 2.45) is 0 Å². The normalized spacial score (nSPS) is 8.56. The molecule has 1 radical (unpaired) electrons. The third-order valence-corrected chi connectivity index (χ3v) is 8.41. The Morgan fingerprint density at radius 3 is 1.22 bits per heavy atom. The van der Waals surface area contributed by atoms with E-state index in [0.29, 0.717) is 15.2 Å². The van der Waals surface area contributed by atoms with Crippen LogP contribution in [-0.4, -0.2) is 15.2 Å². The van der Waals surface area contributed by atoms with Crippen LogP contribution in [0.4, 0.5) is 0 Å². The maximum absolute atomic E-state index is 3.73. The molecule has 0 heterocycles. The molecule has 0 saturated heterocycles. The van der Waals surface area contributed by atoms with Crippen LogP contribution in [-0.2, 0) is 18.4 Å². The van der Waals surface area contributed by atoms with Gasteiger partial charge in [0.2, 0.25) is 15.2 Å². The van der Waals surface area contributed by atoms with E-state index in [-0.39, 0.29) is 17.0 Å². The molecule has 0 unspecified atom stereocenters. The number of hydrogen-bond donors (Lipinski definition) is 0. The summed E-state index contributed by atoms with van der Waals surface area (Å²) in [6, 6.07) is 0. The molecule has 0 nitrogen and oxygen atoms in total. The Morgan fingerprint density at radius 2 is 1.00 bits per heavy atom. The predicted molar refractivity (Wildman–Crippen MR) is 91.1 cm³/mol. The van der Waals surface area contributed by atoms with Gasteiger partial charge in [-0.2, -0.15) is 0 Å². The molecule has 3 heteroatoms. The van der Waals surface area contributed by atoms with E-state index in [9.17, 15) is 0 Å². The first kappa shape index (κ1) is 23.5. The van der Waals surface area contributed by atoms with E-state index < -0.39 is 18.4 Å². The van der Waals surface area contributed by atoms with E-state index in [0.717, 1.165) is 0 Å². The molecule has 0 aliphatic heterocycles. The van der Waals surface area contributed by atoms with Crippen LogP contribution in [0, 0.1) is 0 Å². The standard InChI is InChI=1S/5C3H5.Al.Au.BrH/c5*1-3-2;;;/h5*3H,1-2H2;;;1H. The predicted octanol–water partition coefficient (Wildman–Crippen LogP) is 5.89. The molecule has 0 rings (SSSR count). The molecule has 0 aromatic carbocycles. The fourth-order valence-corrected chi connectivity index (χ4v) is 5.25. The second-order valence-corrected chi connectivity index (χ2v) is 10.4. The van der Waals surface area contributed by atoms with E-state index in [2.05, 4.69) is 32.9 Å². The number of rotatable bonds is 10. The van der Waals surface area contributed by atoms with Crippen molar-refractivity contribution in [3.63, 3.8) is 0 Å². The minimum atomic E-state index is -0.672. The van der Waals surface area contributed by atoms with Crippen LogP contribution in [0.15, 0.2) is 63.3 Å². The summed E-state index contributed by atoms with van der Waals surface area (Å²) in [4.78, 5) is 0. The Hall–Kier alpha value is 0.453. The fraction of sp³-hybridized carbons (Fsp3) is 0.333. The van der Waals surface area contributed by atoms with Crippen molar-refractivity contribution in [1.82, 2.24) is 0 Å². The van der Waals surface area contributed by atoms with Crippen molar-refractivity contribution in [3.8, 4) is 0 Å². The number of hydrogen-bond acceptors (Lipinski definition) is 0. The zero-order valence-corrected chi connectivity index (χ0v) is 16.3. The third kappa shape index (κ3) is 21.7. The van der Waals surface area contributed by atoms with Gasteiger partial charge in [-0.1, -0.05) is 10.6 Å². The molecule has 18 heavy (non-hydrogen) atoms. The quantitative estimate of drug-likeness (QED) is 0.195. The summed E-state index contributed by atoms with van der Waals surface area (Å²) in [5.41, 5.74) is 0. The van der Waals surface area contributed by atoms with Crippen LogP contribution >= 0.6 is 17.0 Å². The molecule has 0 N–H and O–H groups in total. The second kappa shape index (κ2) is 22.6. The summed E-state index contributed by atoms with van der Waals surface area (Å²) in [6.07, 6.45) is 10.0. The summed E-state index contributed by atoms with van der Waals surface area (Å²) in [5, 5.41) is 2.40. The molecular weight excluding hydrogens is 484 g/mol. The van der Waals surface area contributed by atoms with Crippen molar-refractivity contribution >= 4 is 32.2 Å². The molecule has 0 spiro atoms. The van der Waals surface area contributed by atoms with Crippen LogP contribution in [0.1, 0.15) is 0 Å². The van der Waals surface area contributed by atoms with Gasteiger partial charge < -0.3 is 0 Å². The first-order chi connectivity index (χ1) is 8.26. The Kier molecular flexibility index (Phi) is 29.6.